The van der Waals surface area contributed by atoms with Crippen molar-refractivity contribution in [2.24, 2.45) is 0 Å². The summed E-state index contributed by atoms with van der Waals surface area (Å²) < 4.78 is 9.89. The zero-order valence-corrected chi connectivity index (χ0v) is 7.34. The molecule has 0 aromatic heterocycles. The largest absolute Gasteiger partial charge is 0.462 e. The van der Waals surface area contributed by atoms with Crippen LogP contribution in [0.15, 0.2) is 12.2 Å². The Hall–Kier alpha value is -0.830. The van der Waals surface area contributed by atoms with Gasteiger partial charge in [0.1, 0.15) is 0 Å². The Morgan fingerprint density at radius 2 is 2.42 bits per heavy atom. The summed E-state index contributed by atoms with van der Waals surface area (Å²) in [4.78, 5) is 10.9. The number of rotatable bonds is 5. The molecule has 0 saturated carbocycles. The number of hydrogen-bond donors (Lipinski definition) is 0. The first-order chi connectivity index (χ1) is 5.70. The minimum Gasteiger partial charge on any atom is -0.462 e. The average Bonchev–Trinajstić information content (AvgIpc) is 2.80. The van der Waals surface area contributed by atoms with Crippen molar-refractivity contribution >= 4 is 5.97 Å². The van der Waals surface area contributed by atoms with Gasteiger partial charge in [0.2, 0.25) is 0 Å². The summed E-state index contributed by atoms with van der Waals surface area (Å²) in [6.07, 6.45) is 2.29. The molecule has 1 atom stereocenters. The first-order valence-electron chi connectivity index (χ1n) is 4.14. The Morgan fingerprint density at radius 1 is 1.75 bits per heavy atom. The van der Waals surface area contributed by atoms with Crippen LogP contribution in [0.4, 0.5) is 0 Å². The van der Waals surface area contributed by atoms with Gasteiger partial charge in [0.15, 0.2) is 0 Å². The van der Waals surface area contributed by atoms with E-state index in [1.165, 1.54) is 0 Å². The fourth-order valence-corrected chi connectivity index (χ4v) is 0.834. The molecule has 0 spiro atoms. The lowest BCUT2D eigenvalue weighted by Crippen LogP contribution is -2.06. The Bertz CT molecular complexity index is 182. The Morgan fingerprint density at radius 3 is 2.92 bits per heavy atom. The second-order valence-electron chi connectivity index (χ2n) is 3.01. The van der Waals surface area contributed by atoms with Crippen molar-refractivity contribution in [1.82, 2.24) is 0 Å². The standard InChI is InChI=1S/C9H14O3/c1-7(2)9(10)11-5-3-4-8-6-12-8/h8H,1,3-6H2,2H3. The number of esters is 1. The van der Waals surface area contributed by atoms with E-state index in [2.05, 4.69) is 6.58 Å². The van der Waals surface area contributed by atoms with Crippen LogP contribution in [0.5, 0.6) is 0 Å². The van der Waals surface area contributed by atoms with Gasteiger partial charge >= 0.3 is 5.97 Å². The molecule has 1 unspecified atom stereocenters. The summed E-state index contributed by atoms with van der Waals surface area (Å²) in [5.41, 5.74) is 0.456. The maximum absolute atomic E-state index is 10.9. The lowest BCUT2D eigenvalue weighted by molar-refractivity contribution is -0.139. The van der Waals surface area contributed by atoms with E-state index in [1.807, 2.05) is 0 Å². The predicted molar refractivity (Wildman–Crippen MR) is 44.7 cm³/mol. The van der Waals surface area contributed by atoms with Crippen LogP contribution in [0, 0.1) is 0 Å². The van der Waals surface area contributed by atoms with E-state index in [4.69, 9.17) is 9.47 Å². The minimum atomic E-state index is -0.299. The molecule has 1 fully saturated rings. The summed E-state index contributed by atoms with van der Waals surface area (Å²) in [5, 5.41) is 0. The van der Waals surface area contributed by atoms with Gasteiger partial charge in [-0.2, -0.15) is 0 Å². The van der Waals surface area contributed by atoms with Gasteiger partial charge in [-0.05, 0) is 19.8 Å². The van der Waals surface area contributed by atoms with Gasteiger partial charge in [0.05, 0.1) is 19.3 Å². The second-order valence-corrected chi connectivity index (χ2v) is 3.01. The van der Waals surface area contributed by atoms with Gasteiger partial charge in [-0.3, -0.25) is 0 Å². The van der Waals surface area contributed by atoms with Crippen LogP contribution in [0.3, 0.4) is 0 Å². The molecule has 0 N–H and O–H groups in total. The van der Waals surface area contributed by atoms with Crippen molar-refractivity contribution in [3.8, 4) is 0 Å². The maximum atomic E-state index is 10.9. The quantitative estimate of drug-likeness (QED) is 0.270. The van der Waals surface area contributed by atoms with Gasteiger partial charge < -0.3 is 9.47 Å². The third-order valence-corrected chi connectivity index (χ3v) is 1.65. The van der Waals surface area contributed by atoms with Gasteiger partial charge in [-0.25, -0.2) is 4.79 Å². The maximum Gasteiger partial charge on any atom is 0.333 e. The van der Waals surface area contributed by atoms with Crippen molar-refractivity contribution in [3.63, 3.8) is 0 Å². The number of hydrogen-bond acceptors (Lipinski definition) is 3. The molecule has 3 nitrogen and oxygen atoms in total. The summed E-state index contributed by atoms with van der Waals surface area (Å²) in [6.45, 7) is 6.47. The molecule has 1 rings (SSSR count). The summed E-state index contributed by atoms with van der Waals surface area (Å²) >= 11 is 0. The summed E-state index contributed by atoms with van der Waals surface area (Å²) in [6, 6.07) is 0. The molecule has 0 aliphatic carbocycles. The molecule has 0 bridgehead atoms. The smallest absolute Gasteiger partial charge is 0.333 e. The second kappa shape index (κ2) is 4.26. The molecular formula is C9H14O3. The van der Waals surface area contributed by atoms with Crippen molar-refractivity contribution in [2.75, 3.05) is 13.2 Å². The van der Waals surface area contributed by atoms with Crippen LogP contribution in [-0.2, 0) is 14.3 Å². The lowest BCUT2D eigenvalue weighted by atomic mass is 10.2. The summed E-state index contributed by atoms with van der Waals surface area (Å²) in [5.74, 6) is -0.299. The molecule has 0 amide bonds. The number of carbonyl (C=O) groups excluding carboxylic acids is 1. The topological polar surface area (TPSA) is 38.8 Å². The highest BCUT2D eigenvalue weighted by molar-refractivity contribution is 5.86. The van der Waals surface area contributed by atoms with Crippen LogP contribution >= 0.6 is 0 Å². The normalized spacial score (nSPS) is 20.2. The molecule has 1 heterocycles. The molecule has 1 saturated heterocycles. The van der Waals surface area contributed by atoms with Crippen LogP contribution in [0.2, 0.25) is 0 Å². The van der Waals surface area contributed by atoms with Crippen molar-refractivity contribution in [2.45, 2.75) is 25.9 Å². The zero-order valence-electron chi connectivity index (χ0n) is 7.34. The van der Waals surface area contributed by atoms with Gasteiger partial charge in [-0.1, -0.05) is 6.58 Å². The number of carbonyl (C=O) groups is 1. The molecular weight excluding hydrogens is 156 g/mol. The highest BCUT2D eigenvalue weighted by Crippen LogP contribution is 2.15. The van der Waals surface area contributed by atoms with Crippen LogP contribution < -0.4 is 0 Å². The first-order valence-corrected chi connectivity index (χ1v) is 4.14. The van der Waals surface area contributed by atoms with Crippen molar-refractivity contribution in [1.29, 1.82) is 0 Å². The minimum absolute atomic E-state index is 0.299. The van der Waals surface area contributed by atoms with E-state index in [9.17, 15) is 4.79 Å². The summed E-state index contributed by atoms with van der Waals surface area (Å²) in [7, 11) is 0. The fourth-order valence-electron chi connectivity index (χ4n) is 0.834. The zero-order chi connectivity index (χ0) is 8.97. The first kappa shape index (κ1) is 9.26. The third kappa shape index (κ3) is 3.53. The fraction of sp³-hybridized carbons (Fsp3) is 0.667. The molecule has 68 valence electrons. The van der Waals surface area contributed by atoms with E-state index in [0.29, 0.717) is 18.3 Å². The highest BCUT2D eigenvalue weighted by Gasteiger charge is 2.21. The van der Waals surface area contributed by atoms with Crippen LogP contribution in [0.1, 0.15) is 19.8 Å². The van der Waals surface area contributed by atoms with E-state index in [-0.39, 0.29) is 5.97 Å². The van der Waals surface area contributed by atoms with Crippen molar-refractivity contribution in [3.05, 3.63) is 12.2 Å². The van der Waals surface area contributed by atoms with E-state index in [0.717, 1.165) is 19.4 Å². The van der Waals surface area contributed by atoms with E-state index >= 15 is 0 Å². The van der Waals surface area contributed by atoms with E-state index in [1.54, 1.807) is 6.92 Å². The van der Waals surface area contributed by atoms with E-state index < -0.39 is 0 Å². The van der Waals surface area contributed by atoms with Crippen molar-refractivity contribution < 1.29 is 14.3 Å². The lowest BCUT2D eigenvalue weighted by Gasteiger charge is -2.02. The molecule has 1 aliphatic heterocycles. The van der Waals surface area contributed by atoms with Gasteiger partial charge in [-0.15, -0.1) is 0 Å². The van der Waals surface area contributed by atoms with Crippen LogP contribution in [-0.4, -0.2) is 25.3 Å². The highest BCUT2D eigenvalue weighted by atomic mass is 16.6. The molecule has 1 aliphatic rings. The SMILES string of the molecule is C=C(C)C(=O)OCCCC1CO1. The Kier molecular flexibility index (Phi) is 3.29. The molecule has 3 heteroatoms. The Labute approximate surface area is 72.4 Å². The number of ether oxygens (including phenoxy) is 2. The molecule has 0 aromatic carbocycles. The molecule has 12 heavy (non-hydrogen) atoms. The monoisotopic (exact) mass is 170 g/mol. The predicted octanol–water partition coefficient (Wildman–Crippen LogP) is 1.28. The number of epoxide rings is 1. The Balaban J connectivity index is 1.93. The molecule has 0 aromatic rings. The van der Waals surface area contributed by atoms with Gasteiger partial charge in [0.25, 0.3) is 0 Å². The average molecular weight is 170 g/mol. The third-order valence-electron chi connectivity index (χ3n) is 1.65. The van der Waals surface area contributed by atoms with Crippen LogP contribution in [0.25, 0.3) is 0 Å². The molecule has 0 radical (unpaired) electrons. The van der Waals surface area contributed by atoms with Gasteiger partial charge in [0, 0.05) is 5.57 Å².